The Kier molecular flexibility index (Phi) is 4.58. The molecule has 0 aromatic heterocycles. The molecule has 0 aromatic carbocycles. The molecule has 1 aliphatic heterocycles. The highest BCUT2D eigenvalue weighted by molar-refractivity contribution is 6.06. The largest absolute Gasteiger partial charge is 0.444 e. The van der Waals surface area contributed by atoms with Crippen molar-refractivity contribution in [2.24, 2.45) is 10.5 Å². The molecule has 2 rings (SSSR count). The van der Waals surface area contributed by atoms with Gasteiger partial charge in [-0.3, -0.25) is 4.79 Å². The zero-order valence-corrected chi connectivity index (χ0v) is 14.2. The van der Waals surface area contributed by atoms with Crippen LogP contribution in [0.1, 0.15) is 40.0 Å². The Morgan fingerprint density at radius 2 is 1.92 bits per heavy atom. The molecule has 0 atom stereocenters. The highest BCUT2D eigenvalue weighted by Crippen LogP contribution is 2.58. The smallest absolute Gasteiger partial charge is 0.410 e. The van der Waals surface area contributed by atoms with Crippen LogP contribution in [-0.4, -0.2) is 59.5 Å². The fourth-order valence-corrected chi connectivity index (χ4v) is 2.39. The van der Waals surface area contributed by atoms with Gasteiger partial charge in [-0.15, -0.1) is 0 Å². The van der Waals surface area contributed by atoms with E-state index in [0.717, 1.165) is 5.01 Å². The van der Waals surface area contributed by atoms with E-state index in [9.17, 15) is 22.8 Å². The molecule has 0 bridgehead atoms. The summed E-state index contributed by atoms with van der Waals surface area (Å²) in [7, 11) is 1.49. The number of rotatable bonds is 4. The molecule has 1 saturated carbocycles. The predicted molar refractivity (Wildman–Crippen MR) is 80.4 cm³/mol. The van der Waals surface area contributed by atoms with Gasteiger partial charge in [-0.1, -0.05) is 0 Å². The Bertz CT molecular complexity index is 563. The number of carbonyl (C=O) groups is 2. The average Bonchev–Trinajstić information content (AvgIpc) is 3.08. The fourth-order valence-electron chi connectivity index (χ4n) is 2.39. The number of hydrazone groups is 1. The van der Waals surface area contributed by atoms with Crippen LogP contribution in [0.4, 0.5) is 18.0 Å². The van der Waals surface area contributed by atoms with E-state index in [1.807, 2.05) is 0 Å². The number of carbonyl (C=O) groups excluding carboxylic acids is 2. The minimum absolute atomic E-state index is 0.0168. The first-order valence-electron chi connectivity index (χ1n) is 7.71. The molecule has 0 unspecified atom stereocenters. The molecule has 9 heteroatoms. The number of ether oxygens (including phenoxy) is 1. The van der Waals surface area contributed by atoms with Crippen molar-refractivity contribution in [3.05, 3.63) is 0 Å². The van der Waals surface area contributed by atoms with Crippen LogP contribution >= 0.6 is 0 Å². The van der Waals surface area contributed by atoms with Crippen LogP contribution in [0.25, 0.3) is 0 Å². The van der Waals surface area contributed by atoms with E-state index in [1.165, 1.54) is 11.9 Å². The molecule has 2 aliphatic rings. The van der Waals surface area contributed by atoms with Gasteiger partial charge in [0.1, 0.15) is 5.60 Å². The SMILES string of the molecule is CN(CC1=NN(CC2(C(F)(F)F)CC2)C(=O)C1)C(=O)OC(C)(C)C. The second-order valence-electron chi connectivity index (χ2n) is 7.41. The van der Waals surface area contributed by atoms with Crippen molar-refractivity contribution in [1.82, 2.24) is 9.91 Å². The van der Waals surface area contributed by atoms with Gasteiger partial charge in [-0.25, -0.2) is 9.80 Å². The molecular formula is C15H22F3N3O3. The Labute approximate surface area is 138 Å². The van der Waals surface area contributed by atoms with Crippen molar-refractivity contribution in [1.29, 1.82) is 0 Å². The van der Waals surface area contributed by atoms with Gasteiger partial charge < -0.3 is 9.64 Å². The van der Waals surface area contributed by atoms with Gasteiger partial charge in [0.15, 0.2) is 0 Å². The third-order valence-electron chi connectivity index (χ3n) is 3.94. The molecule has 6 nitrogen and oxygen atoms in total. The molecule has 1 fully saturated rings. The van der Waals surface area contributed by atoms with Gasteiger partial charge in [0, 0.05) is 7.05 Å². The molecule has 0 saturated heterocycles. The van der Waals surface area contributed by atoms with Gasteiger partial charge in [-0.05, 0) is 33.6 Å². The van der Waals surface area contributed by atoms with E-state index in [-0.39, 0.29) is 25.8 Å². The van der Waals surface area contributed by atoms with Gasteiger partial charge in [0.25, 0.3) is 0 Å². The summed E-state index contributed by atoms with van der Waals surface area (Å²) < 4.78 is 44.2. The molecule has 1 aliphatic carbocycles. The second-order valence-corrected chi connectivity index (χ2v) is 7.41. The van der Waals surface area contributed by atoms with Crippen molar-refractivity contribution < 1.29 is 27.5 Å². The van der Waals surface area contributed by atoms with E-state index in [4.69, 9.17) is 4.74 Å². The summed E-state index contributed by atoms with van der Waals surface area (Å²) >= 11 is 0. The Morgan fingerprint density at radius 3 is 2.38 bits per heavy atom. The Morgan fingerprint density at radius 1 is 1.33 bits per heavy atom. The van der Waals surface area contributed by atoms with Crippen molar-refractivity contribution in [3.63, 3.8) is 0 Å². The summed E-state index contributed by atoms with van der Waals surface area (Å²) in [4.78, 5) is 25.0. The van der Waals surface area contributed by atoms with E-state index >= 15 is 0 Å². The number of amides is 2. The van der Waals surface area contributed by atoms with Crippen LogP contribution in [0.5, 0.6) is 0 Å². The van der Waals surface area contributed by atoms with E-state index in [1.54, 1.807) is 20.8 Å². The van der Waals surface area contributed by atoms with E-state index in [0.29, 0.717) is 5.71 Å². The number of halogens is 3. The number of hydrogen-bond donors (Lipinski definition) is 0. The lowest BCUT2D eigenvalue weighted by Crippen LogP contribution is -2.37. The van der Waals surface area contributed by atoms with Crippen molar-refractivity contribution >= 4 is 17.7 Å². The van der Waals surface area contributed by atoms with Gasteiger partial charge in [0.2, 0.25) is 5.91 Å². The highest BCUT2D eigenvalue weighted by atomic mass is 19.4. The van der Waals surface area contributed by atoms with Crippen LogP contribution in [0.15, 0.2) is 5.10 Å². The van der Waals surface area contributed by atoms with Crippen LogP contribution in [0, 0.1) is 5.41 Å². The Hall–Kier alpha value is -1.80. The fraction of sp³-hybridized carbons (Fsp3) is 0.800. The first-order valence-corrected chi connectivity index (χ1v) is 7.71. The molecule has 0 radical (unpaired) electrons. The lowest BCUT2D eigenvalue weighted by atomic mass is 10.1. The molecule has 136 valence electrons. The summed E-state index contributed by atoms with van der Waals surface area (Å²) in [6, 6.07) is 0. The molecule has 24 heavy (non-hydrogen) atoms. The maximum absolute atomic E-state index is 13.0. The zero-order chi connectivity index (χ0) is 18.3. The molecule has 0 spiro atoms. The number of alkyl halides is 3. The lowest BCUT2D eigenvalue weighted by Gasteiger charge is -2.24. The summed E-state index contributed by atoms with van der Waals surface area (Å²) in [6.07, 6.45) is -4.96. The Balaban J connectivity index is 1.96. The molecule has 1 heterocycles. The molecule has 2 amide bonds. The van der Waals surface area contributed by atoms with Crippen molar-refractivity contribution in [2.75, 3.05) is 20.1 Å². The second kappa shape index (κ2) is 5.93. The summed E-state index contributed by atoms with van der Waals surface area (Å²) in [5, 5.41) is 4.87. The normalized spacial score (nSPS) is 20.0. The van der Waals surface area contributed by atoms with Crippen molar-refractivity contribution in [2.45, 2.75) is 51.8 Å². The van der Waals surface area contributed by atoms with Gasteiger partial charge in [0.05, 0.1) is 30.6 Å². The first kappa shape index (κ1) is 18.5. The van der Waals surface area contributed by atoms with Gasteiger partial charge in [-0.2, -0.15) is 18.3 Å². The summed E-state index contributed by atoms with van der Waals surface area (Å²) in [5.41, 5.74) is -2.12. The van der Waals surface area contributed by atoms with Gasteiger partial charge >= 0.3 is 12.3 Å². The van der Waals surface area contributed by atoms with Crippen LogP contribution in [0.2, 0.25) is 0 Å². The average molecular weight is 349 g/mol. The number of nitrogens with zero attached hydrogens (tertiary/aromatic N) is 3. The summed E-state index contributed by atoms with van der Waals surface area (Å²) in [6.45, 7) is 4.76. The number of hydrogen-bond acceptors (Lipinski definition) is 4. The highest BCUT2D eigenvalue weighted by Gasteiger charge is 2.64. The minimum atomic E-state index is -4.33. The van der Waals surface area contributed by atoms with Crippen LogP contribution in [-0.2, 0) is 9.53 Å². The maximum atomic E-state index is 13.0. The van der Waals surface area contributed by atoms with Crippen molar-refractivity contribution in [3.8, 4) is 0 Å². The van der Waals surface area contributed by atoms with E-state index in [2.05, 4.69) is 5.10 Å². The van der Waals surface area contributed by atoms with E-state index < -0.39 is 35.7 Å². The third kappa shape index (κ3) is 4.18. The molecular weight excluding hydrogens is 327 g/mol. The van der Waals surface area contributed by atoms with Crippen LogP contribution < -0.4 is 0 Å². The predicted octanol–water partition coefficient (Wildman–Crippen LogP) is 2.78. The molecule has 0 N–H and O–H groups in total. The summed E-state index contributed by atoms with van der Waals surface area (Å²) in [5.74, 6) is -0.474. The first-order chi connectivity index (χ1) is 10.8. The topological polar surface area (TPSA) is 62.2 Å². The standard InChI is InChI=1S/C15H22F3N3O3/c1-13(2,3)24-12(23)20(4)8-10-7-11(22)21(19-10)9-14(5-6-14)15(16,17)18/h5-9H2,1-4H3. The zero-order valence-electron chi connectivity index (χ0n) is 14.2. The lowest BCUT2D eigenvalue weighted by molar-refractivity contribution is -0.192. The minimum Gasteiger partial charge on any atom is -0.444 e. The third-order valence-corrected chi connectivity index (χ3v) is 3.94. The molecule has 0 aromatic rings. The quantitative estimate of drug-likeness (QED) is 0.784. The van der Waals surface area contributed by atoms with Crippen LogP contribution in [0.3, 0.4) is 0 Å². The monoisotopic (exact) mass is 349 g/mol. The maximum Gasteiger partial charge on any atom is 0.410 e.